The van der Waals surface area contributed by atoms with Crippen molar-refractivity contribution >= 4 is 34.9 Å². The normalized spacial score (nSPS) is 12.3. The molecule has 0 aromatic heterocycles. The van der Waals surface area contributed by atoms with Crippen molar-refractivity contribution in [2.24, 2.45) is 5.92 Å². The number of benzene rings is 1. The van der Waals surface area contributed by atoms with Gasteiger partial charge in [0.05, 0.1) is 15.7 Å². The van der Waals surface area contributed by atoms with Crippen LogP contribution in [-0.2, 0) is 0 Å². The first-order valence-electron chi connectivity index (χ1n) is 5.91. The van der Waals surface area contributed by atoms with Crippen molar-refractivity contribution in [3.63, 3.8) is 0 Å². The minimum atomic E-state index is -0.293. The molecule has 2 amide bonds. The van der Waals surface area contributed by atoms with Crippen molar-refractivity contribution in [2.45, 2.75) is 33.2 Å². The second kappa shape index (κ2) is 6.86. The summed E-state index contributed by atoms with van der Waals surface area (Å²) >= 11 is 11.9. The summed E-state index contributed by atoms with van der Waals surface area (Å²) in [5.41, 5.74) is 0.440. The first kappa shape index (κ1) is 15.1. The molecule has 0 saturated carbocycles. The van der Waals surface area contributed by atoms with Gasteiger partial charge in [-0.15, -0.1) is 0 Å². The average molecular weight is 289 g/mol. The Morgan fingerprint density at radius 1 is 1.22 bits per heavy atom. The molecule has 0 unspecified atom stereocenters. The number of hydrogen-bond donors (Lipinski definition) is 2. The summed E-state index contributed by atoms with van der Waals surface area (Å²) < 4.78 is 0. The lowest BCUT2D eigenvalue weighted by molar-refractivity contribution is 0.247. The molecule has 1 aromatic rings. The van der Waals surface area contributed by atoms with Gasteiger partial charge in [0.15, 0.2) is 0 Å². The first-order chi connectivity index (χ1) is 8.40. The predicted molar refractivity (Wildman–Crippen MR) is 77.5 cm³/mol. The zero-order valence-electron chi connectivity index (χ0n) is 10.8. The van der Waals surface area contributed by atoms with E-state index in [2.05, 4.69) is 24.5 Å². The molecule has 0 fully saturated rings. The van der Waals surface area contributed by atoms with E-state index in [1.807, 2.05) is 6.92 Å². The number of urea groups is 1. The molecule has 1 aromatic carbocycles. The Hall–Kier alpha value is -0.930. The summed E-state index contributed by atoms with van der Waals surface area (Å²) in [6, 6.07) is 4.90. The Bertz CT molecular complexity index is 401. The van der Waals surface area contributed by atoms with Crippen LogP contribution in [0.3, 0.4) is 0 Å². The van der Waals surface area contributed by atoms with Crippen molar-refractivity contribution in [3.8, 4) is 0 Å². The van der Waals surface area contributed by atoms with Gasteiger partial charge in [-0.2, -0.15) is 0 Å². The summed E-state index contributed by atoms with van der Waals surface area (Å²) in [6.07, 6.45) is 0.920. The van der Waals surface area contributed by atoms with Gasteiger partial charge >= 0.3 is 6.03 Å². The summed E-state index contributed by atoms with van der Waals surface area (Å²) in [5, 5.41) is 6.37. The highest BCUT2D eigenvalue weighted by Gasteiger charge is 2.12. The van der Waals surface area contributed by atoms with Crippen LogP contribution >= 0.6 is 23.2 Å². The van der Waals surface area contributed by atoms with Gasteiger partial charge in [-0.25, -0.2) is 4.79 Å². The molecule has 0 heterocycles. The van der Waals surface area contributed by atoms with E-state index in [0.717, 1.165) is 6.42 Å². The molecular formula is C13H18Cl2N2O. The van der Waals surface area contributed by atoms with Crippen LogP contribution in [0.5, 0.6) is 0 Å². The molecule has 5 heteroatoms. The number of carbonyl (C=O) groups is 1. The van der Waals surface area contributed by atoms with Crippen LogP contribution in [-0.4, -0.2) is 12.1 Å². The van der Waals surface area contributed by atoms with Gasteiger partial charge in [0.1, 0.15) is 0 Å². The van der Waals surface area contributed by atoms with Gasteiger partial charge in [0.2, 0.25) is 0 Å². The number of halogens is 2. The third-order valence-electron chi connectivity index (χ3n) is 2.40. The summed E-state index contributed by atoms with van der Waals surface area (Å²) in [6.45, 7) is 6.19. The van der Waals surface area contributed by atoms with Crippen LogP contribution in [0.1, 0.15) is 27.2 Å². The molecule has 0 aliphatic heterocycles. The molecule has 0 spiro atoms. The molecule has 100 valence electrons. The molecule has 1 rings (SSSR count). The lowest BCUT2D eigenvalue weighted by Gasteiger charge is -2.17. The number of anilines is 1. The van der Waals surface area contributed by atoms with Gasteiger partial charge in [-0.3, -0.25) is 0 Å². The average Bonchev–Trinajstić information content (AvgIpc) is 2.22. The smallest absolute Gasteiger partial charge is 0.319 e. The zero-order chi connectivity index (χ0) is 13.7. The SMILES string of the molecule is CC(C)C[C@H](C)NC(=O)Nc1c(Cl)cccc1Cl. The molecule has 2 N–H and O–H groups in total. The maximum Gasteiger partial charge on any atom is 0.319 e. The summed E-state index contributed by atoms with van der Waals surface area (Å²) in [4.78, 5) is 11.8. The van der Waals surface area contributed by atoms with Gasteiger partial charge in [0.25, 0.3) is 0 Å². The van der Waals surface area contributed by atoms with Crippen molar-refractivity contribution in [3.05, 3.63) is 28.2 Å². The van der Waals surface area contributed by atoms with Gasteiger partial charge in [-0.05, 0) is 31.4 Å². The summed E-state index contributed by atoms with van der Waals surface area (Å²) in [7, 11) is 0. The van der Waals surface area contributed by atoms with E-state index in [9.17, 15) is 4.79 Å². The third-order valence-corrected chi connectivity index (χ3v) is 3.03. The van der Waals surface area contributed by atoms with Crippen molar-refractivity contribution < 1.29 is 4.79 Å². The predicted octanol–water partition coefficient (Wildman–Crippen LogP) is 4.55. The van der Waals surface area contributed by atoms with Crippen LogP contribution in [0.4, 0.5) is 10.5 Å². The molecular weight excluding hydrogens is 271 g/mol. The van der Waals surface area contributed by atoms with Crippen LogP contribution in [0, 0.1) is 5.92 Å². The van der Waals surface area contributed by atoms with Crippen LogP contribution < -0.4 is 10.6 Å². The highest BCUT2D eigenvalue weighted by Crippen LogP contribution is 2.29. The molecule has 0 saturated heterocycles. The van der Waals surface area contributed by atoms with Gasteiger partial charge < -0.3 is 10.6 Å². The van der Waals surface area contributed by atoms with E-state index in [0.29, 0.717) is 21.7 Å². The Morgan fingerprint density at radius 3 is 2.28 bits per heavy atom. The number of rotatable bonds is 4. The maximum absolute atomic E-state index is 11.8. The van der Waals surface area contributed by atoms with E-state index in [1.165, 1.54) is 0 Å². The fourth-order valence-electron chi connectivity index (χ4n) is 1.76. The second-order valence-corrected chi connectivity index (χ2v) is 5.54. The van der Waals surface area contributed by atoms with E-state index < -0.39 is 0 Å². The molecule has 18 heavy (non-hydrogen) atoms. The fraction of sp³-hybridized carbons (Fsp3) is 0.462. The van der Waals surface area contributed by atoms with Crippen LogP contribution in [0.15, 0.2) is 18.2 Å². The van der Waals surface area contributed by atoms with Crippen molar-refractivity contribution in [2.75, 3.05) is 5.32 Å². The Balaban J connectivity index is 2.60. The fourth-order valence-corrected chi connectivity index (χ4v) is 2.25. The zero-order valence-corrected chi connectivity index (χ0v) is 12.3. The molecule has 3 nitrogen and oxygen atoms in total. The Labute approximate surface area is 118 Å². The maximum atomic E-state index is 11.8. The number of para-hydroxylation sites is 1. The number of hydrogen-bond acceptors (Lipinski definition) is 1. The minimum absolute atomic E-state index is 0.103. The third kappa shape index (κ3) is 4.75. The minimum Gasteiger partial charge on any atom is -0.335 e. The Morgan fingerprint density at radius 2 is 1.78 bits per heavy atom. The molecule has 0 radical (unpaired) electrons. The van der Waals surface area contributed by atoms with Crippen LogP contribution in [0.2, 0.25) is 10.0 Å². The lowest BCUT2D eigenvalue weighted by atomic mass is 10.1. The molecule has 1 atom stereocenters. The second-order valence-electron chi connectivity index (χ2n) is 4.73. The highest BCUT2D eigenvalue weighted by molar-refractivity contribution is 6.39. The molecule has 0 bridgehead atoms. The number of carbonyl (C=O) groups excluding carboxylic acids is 1. The topological polar surface area (TPSA) is 41.1 Å². The van der Waals surface area contributed by atoms with E-state index in [-0.39, 0.29) is 12.1 Å². The largest absolute Gasteiger partial charge is 0.335 e. The van der Waals surface area contributed by atoms with Gasteiger partial charge in [-0.1, -0.05) is 43.1 Å². The summed E-state index contributed by atoms with van der Waals surface area (Å²) in [5.74, 6) is 0.532. The highest BCUT2D eigenvalue weighted by atomic mass is 35.5. The standard InChI is InChI=1S/C13H18Cl2N2O/c1-8(2)7-9(3)16-13(18)17-12-10(14)5-4-6-11(12)15/h4-6,8-9H,7H2,1-3H3,(H2,16,17,18)/t9-/m0/s1. The van der Waals surface area contributed by atoms with Crippen molar-refractivity contribution in [1.29, 1.82) is 0 Å². The number of amides is 2. The van der Waals surface area contributed by atoms with E-state index in [1.54, 1.807) is 18.2 Å². The molecule has 0 aliphatic rings. The monoisotopic (exact) mass is 288 g/mol. The Kier molecular flexibility index (Phi) is 5.76. The van der Waals surface area contributed by atoms with E-state index in [4.69, 9.17) is 23.2 Å². The van der Waals surface area contributed by atoms with Gasteiger partial charge in [0, 0.05) is 6.04 Å². The number of nitrogens with one attached hydrogen (secondary N) is 2. The first-order valence-corrected chi connectivity index (χ1v) is 6.67. The van der Waals surface area contributed by atoms with E-state index >= 15 is 0 Å². The van der Waals surface area contributed by atoms with Crippen molar-refractivity contribution in [1.82, 2.24) is 5.32 Å². The lowest BCUT2D eigenvalue weighted by Crippen LogP contribution is -2.36. The quantitative estimate of drug-likeness (QED) is 0.838. The van der Waals surface area contributed by atoms with Crippen LogP contribution in [0.25, 0.3) is 0 Å². The molecule has 0 aliphatic carbocycles.